The topological polar surface area (TPSA) is 41.0 Å². The van der Waals surface area contributed by atoms with Gasteiger partial charge in [0, 0.05) is 26.2 Å². The van der Waals surface area contributed by atoms with E-state index < -0.39 is 0 Å². The van der Waals surface area contributed by atoms with Crippen molar-refractivity contribution in [2.75, 3.05) is 30.4 Å². The Kier molecular flexibility index (Phi) is 3.27. The van der Waals surface area contributed by atoms with E-state index in [2.05, 4.69) is 34.0 Å². The number of hydrogen-bond donors (Lipinski definition) is 1. The summed E-state index contributed by atoms with van der Waals surface area (Å²) in [6, 6.07) is 2.02. The molecule has 1 aromatic rings. The third kappa shape index (κ3) is 2.26. The molecule has 1 aliphatic heterocycles. The fourth-order valence-corrected chi connectivity index (χ4v) is 2.20. The van der Waals surface area contributed by atoms with E-state index in [-0.39, 0.29) is 0 Å². The van der Waals surface area contributed by atoms with E-state index in [1.807, 2.05) is 13.1 Å². The van der Waals surface area contributed by atoms with Crippen molar-refractivity contribution < 1.29 is 0 Å². The first kappa shape index (κ1) is 11.2. The van der Waals surface area contributed by atoms with Crippen LogP contribution >= 0.6 is 0 Å². The first-order valence-electron chi connectivity index (χ1n) is 5.95. The summed E-state index contributed by atoms with van der Waals surface area (Å²) in [6.45, 7) is 6.83. The quantitative estimate of drug-likeness (QED) is 0.846. The Morgan fingerprint density at radius 3 is 2.88 bits per heavy atom. The van der Waals surface area contributed by atoms with E-state index in [1.54, 1.807) is 6.33 Å². The van der Waals surface area contributed by atoms with Crippen molar-refractivity contribution in [2.24, 2.45) is 11.8 Å². The van der Waals surface area contributed by atoms with Crippen LogP contribution in [0.3, 0.4) is 0 Å². The maximum absolute atomic E-state index is 4.34. The van der Waals surface area contributed by atoms with Crippen molar-refractivity contribution in [2.45, 2.75) is 20.3 Å². The van der Waals surface area contributed by atoms with Gasteiger partial charge in [-0.2, -0.15) is 0 Å². The number of aromatic nitrogens is 2. The van der Waals surface area contributed by atoms with Gasteiger partial charge in [0.25, 0.3) is 0 Å². The molecule has 0 bridgehead atoms. The highest BCUT2D eigenvalue weighted by molar-refractivity contribution is 5.48. The van der Waals surface area contributed by atoms with Crippen LogP contribution in [0, 0.1) is 11.8 Å². The second kappa shape index (κ2) is 4.68. The summed E-state index contributed by atoms with van der Waals surface area (Å²) in [5.74, 6) is 3.49. The Hall–Kier alpha value is -1.32. The zero-order valence-electron chi connectivity index (χ0n) is 10.3. The zero-order chi connectivity index (χ0) is 11.5. The number of nitrogens with one attached hydrogen (secondary N) is 1. The van der Waals surface area contributed by atoms with E-state index in [1.165, 1.54) is 6.42 Å². The third-order valence-electron chi connectivity index (χ3n) is 3.40. The molecular formula is C12H20N4. The average molecular weight is 220 g/mol. The normalized spacial score (nSPS) is 20.5. The molecule has 0 aliphatic carbocycles. The summed E-state index contributed by atoms with van der Waals surface area (Å²) in [4.78, 5) is 10.8. The van der Waals surface area contributed by atoms with Gasteiger partial charge < -0.3 is 10.2 Å². The van der Waals surface area contributed by atoms with Crippen molar-refractivity contribution in [1.29, 1.82) is 0 Å². The smallest absolute Gasteiger partial charge is 0.134 e. The molecular weight excluding hydrogens is 200 g/mol. The van der Waals surface area contributed by atoms with Gasteiger partial charge in [0.2, 0.25) is 0 Å². The Morgan fingerprint density at radius 1 is 1.44 bits per heavy atom. The minimum Gasteiger partial charge on any atom is -0.373 e. The largest absolute Gasteiger partial charge is 0.373 e. The highest BCUT2D eigenvalue weighted by Gasteiger charge is 2.25. The highest BCUT2D eigenvalue weighted by Crippen LogP contribution is 2.27. The summed E-state index contributed by atoms with van der Waals surface area (Å²) in [5.41, 5.74) is 0. The molecule has 1 aromatic heterocycles. The van der Waals surface area contributed by atoms with Crippen LogP contribution in [0.1, 0.15) is 20.3 Å². The molecule has 2 rings (SSSR count). The van der Waals surface area contributed by atoms with Gasteiger partial charge in [-0.25, -0.2) is 9.97 Å². The molecule has 88 valence electrons. The van der Waals surface area contributed by atoms with Crippen molar-refractivity contribution in [1.82, 2.24) is 9.97 Å². The van der Waals surface area contributed by atoms with Crippen LogP contribution in [0.25, 0.3) is 0 Å². The van der Waals surface area contributed by atoms with Gasteiger partial charge in [-0.1, -0.05) is 13.8 Å². The first-order valence-corrected chi connectivity index (χ1v) is 5.95. The predicted molar refractivity (Wildman–Crippen MR) is 66.7 cm³/mol. The van der Waals surface area contributed by atoms with E-state index in [0.717, 1.165) is 36.6 Å². The van der Waals surface area contributed by atoms with Crippen LogP contribution in [0.4, 0.5) is 11.6 Å². The SMILES string of the molecule is CNc1cc(N2CCC(C(C)C)C2)ncn1. The standard InChI is InChI=1S/C12H20N4/c1-9(2)10-4-5-16(7-10)12-6-11(13-3)14-8-15-12/h6,8-10H,4-5,7H2,1-3H3,(H,13,14,15). The summed E-state index contributed by atoms with van der Waals surface area (Å²) >= 11 is 0. The molecule has 1 saturated heterocycles. The van der Waals surface area contributed by atoms with E-state index in [0.29, 0.717) is 0 Å². The monoisotopic (exact) mass is 220 g/mol. The summed E-state index contributed by atoms with van der Waals surface area (Å²) < 4.78 is 0. The number of hydrogen-bond acceptors (Lipinski definition) is 4. The molecule has 4 nitrogen and oxygen atoms in total. The highest BCUT2D eigenvalue weighted by atomic mass is 15.2. The second-order valence-electron chi connectivity index (χ2n) is 4.75. The molecule has 1 fully saturated rings. The lowest BCUT2D eigenvalue weighted by molar-refractivity contribution is 0.422. The summed E-state index contributed by atoms with van der Waals surface area (Å²) in [6.07, 6.45) is 2.90. The van der Waals surface area contributed by atoms with Crippen LogP contribution in [0.15, 0.2) is 12.4 Å². The molecule has 1 atom stereocenters. The van der Waals surface area contributed by atoms with Gasteiger partial charge in [0.05, 0.1) is 0 Å². The lowest BCUT2D eigenvalue weighted by Crippen LogP contribution is -2.22. The lowest BCUT2D eigenvalue weighted by Gasteiger charge is -2.19. The van der Waals surface area contributed by atoms with Crippen LogP contribution in [-0.2, 0) is 0 Å². The molecule has 4 heteroatoms. The zero-order valence-corrected chi connectivity index (χ0v) is 10.3. The molecule has 0 amide bonds. The fraction of sp³-hybridized carbons (Fsp3) is 0.667. The first-order chi connectivity index (χ1) is 7.70. The molecule has 1 N–H and O–H groups in total. The molecule has 0 aromatic carbocycles. The molecule has 1 unspecified atom stereocenters. The molecule has 2 heterocycles. The maximum atomic E-state index is 4.34. The van der Waals surface area contributed by atoms with Crippen molar-refractivity contribution in [3.8, 4) is 0 Å². The van der Waals surface area contributed by atoms with Crippen molar-refractivity contribution in [3.05, 3.63) is 12.4 Å². The third-order valence-corrected chi connectivity index (χ3v) is 3.40. The number of nitrogens with zero attached hydrogens (tertiary/aromatic N) is 3. The number of rotatable bonds is 3. The molecule has 0 spiro atoms. The van der Waals surface area contributed by atoms with E-state index >= 15 is 0 Å². The maximum Gasteiger partial charge on any atom is 0.134 e. The van der Waals surface area contributed by atoms with Gasteiger partial charge in [0.1, 0.15) is 18.0 Å². The van der Waals surface area contributed by atoms with Gasteiger partial charge in [-0.3, -0.25) is 0 Å². The van der Waals surface area contributed by atoms with E-state index in [4.69, 9.17) is 0 Å². The minimum atomic E-state index is 0.760. The Balaban J connectivity index is 2.08. The molecule has 16 heavy (non-hydrogen) atoms. The summed E-state index contributed by atoms with van der Waals surface area (Å²) in [7, 11) is 1.88. The predicted octanol–water partition coefficient (Wildman–Crippen LogP) is 2.00. The Morgan fingerprint density at radius 2 is 2.25 bits per heavy atom. The molecule has 0 saturated carbocycles. The van der Waals surface area contributed by atoms with Gasteiger partial charge in [-0.15, -0.1) is 0 Å². The van der Waals surface area contributed by atoms with Gasteiger partial charge in [0.15, 0.2) is 0 Å². The van der Waals surface area contributed by atoms with Crippen molar-refractivity contribution in [3.63, 3.8) is 0 Å². The van der Waals surface area contributed by atoms with Crippen molar-refractivity contribution >= 4 is 11.6 Å². The lowest BCUT2D eigenvalue weighted by atomic mass is 9.95. The second-order valence-corrected chi connectivity index (χ2v) is 4.75. The van der Waals surface area contributed by atoms with Gasteiger partial charge >= 0.3 is 0 Å². The van der Waals surface area contributed by atoms with Crippen LogP contribution in [0.5, 0.6) is 0 Å². The van der Waals surface area contributed by atoms with Crippen LogP contribution < -0.4 is 10.2 Å². The summed E-state index contributed by atoms with van der Waals surface area (Å²) in [5, 5.41) is 3.05. The van der Waals surface area contributed by atoms with Crippen LogP contribution in [-0.4, -0.2) is 30.1 Å². The van der Waals surface area contributed by atoms with E-state index in [9.17, 15) is 0 Å². The molecule has 0 radical (unpaired) electrons. The van der Waals surface area contributed by atoms with Crippen LogP contribution in [0.2, 0.25) is 0 Å². The average Bonchev–Trinajstić information content (AvgIpc) is 2.78. The fourth-order valence-electron chi connectivity index (χ4n) is 2.20. The van der Waals surface area contributed by atoms with Gasteiger partial charge in [-0.05, 0) is 18.3 Å². The Bertz CT molecular complexity index is 351. The Labute approximate surface area is 97.1 Å². The minimum absolute atomic E-state index is 0.760. The number of anilines is 2. The molecule has 1 aliphatic rings.